The highest BCUT2D eigenvalue weighted by Crippen LogP contribution is 2.25. The van der Waals surface area contributed by atoms with Gasteiger partial charge in [0.2, 0.25) is 5.91 Å². The summed E-state index contributed by atoms with van der Waals surface area (Å²) in [4.78, 5) is 14.2. The van der Waals surface area contributed by atoms with Crippen LogP contribution < -0.4 is 5.32 Å². The van der Waals surface area contributed by atoms with Gasteiger partial charge in [-0.3, -0.25) is 9.69 Å². The van der Waals surface area contributed by atoms with Crippen molar-refractivity contribution in [3.8, 4) is 0 Å². The molecule has 2 rings (SSSR count). The van der Waals surface area contributed by atoms with Gasteiger partial charge in [-0.25, -0.2) is 0 Å². The van der Waals surface area contributed by atoms with Gasteiger partial charge in [0.15, 0.2) is 0 Å². The number of likely N-dealkylation sites (N-methyl/N-ethyl adjacent to an activating group) is 1. The van der Waals surface area contributed by atoms with E-state index in [1.54, 1.807) is 18.2 Å². The zero-order valence-corrected chi connectivity index (χ0v) is 13.6. The fourth-order valence-electron chi connectivity index (χ4n) is 2.21. The van der Waals surface area contributed by atoms with E-state index < -0.39 is 0 Å². The largest absolute Gasteiger partial charge is 0.351 e. The molecule has 0 radical (unpaired) electrons. The first-order valence-corrected chi connectivity index (χ1v) is 8.00. The molecule has 0 aromatic heterocycles. The summed E-state index contributed by atoms with van der Waals surface area (Å²) in [6, 6.07) is 6.01. The van der Waals surface area contributed by atoms with Crippen molar-refractivity contribution in [3.05, 3.63) is 39.9 Å². The molecule has 0 spiro atoms. The van der Waals surface area contributed by atoms with Crippen LogP contribution in [0.2, 0.25) is 10.0 Å². The second-order valence-electron chi connectivity index (χ2n) is 5.16. The lowest BCUT2D eigenvalue weighted by Gasteiger charge is -2.19. The lowest BCUT2D eigenvalue weighted by atomic mass is 10.2. The first kappa shape index (κ1) is 16.3. The molecule has 21 heavy (non-hydrogen) atoms. The van der Waals surface area contributed by atoms with Gasteiger partial charge in [0.1, 0.15) is 0 Å². The Bertz CT molecular complexity index is 527. The number of carbonyl (C=O) groups is 1. The van der Waals surface area contributed by atoms with Gasteiger partial charge in [-0.2, -0.15) is 0 Å². The van der Waals surface area contributed by atoms with Crippen molar-refractivity contribution in [2.75, 3.05) is 19.6 Å². The summed E-state index contributed by atoms with van der Waals surface area (Å²) >= 11 is 11.8. The van der Waals surface area contributed by atoms with Gasteiger partial charge in [0, 0.05) is 25.2 Å². The molecule has 1 N–H and O–H groups in total. The van der Waals surface area contributed by atoms with Crippen LogP contribution >= 0.6 is 23.2 Å². The molecule has 1 aromatic carbocycles. The standard InChI is InChI=1S/C16H20Cl2N2O/c1-2-20(13-5-6-13)10-9-19-16(21)8-4-12-3-7-14(17)15(18)11-12/h3-4,7-8,11,13H,2,5-6,9-10H2,1H3,(H,19,21)/b8-4+. The van der Waals surface area contributed by atoms with Crippen molar-refractivity contribution in [2.24, 2.45) is 0 Å². The third-order valence-electron chi connectivity index (χ3n) is 3.54. The Morgan fingerprint density at radius 2 is 2.14 bits per heavy atom. The fraction of sp³-hybridized carbons (Fsp3) is 0.438. The number of halogens is 2. The van der Waals surface area contributed by atoms with E-state index in [0.29, 0.717) is 16.6 Å². The van der Waals surface area contributed by atoms with Crippen LogP contribution in [0.4, 0.5) is 0 Å². The third kappa shape index (κ3) is 5.34. The normalized spacial score (nSPS) is 14.9. The van der Waals surface area contributed by atoms with E-state index in [0.717, 1.165) is 24.7 Å². The lowest BCUT2D eigenvalue weighted by molar-refractivity contribution is -0.116. The number of nitrogens with zero attached hydrogens (tertiary/aromatic N) is 1. The van der Waals surface area contributed by atoms with E-state index in [-0.39, 0.29) is 5.91 Å². The number of amides is 1. The SMILES string of the molecule is CCN(CCNC(=O)/C=C/c1ccc(Cl)c(Cl)c1)C1CC1. The summed E-state index contributed by atoms with van der Waals surface area (Å²) in [5, 5.41) is 3.90. The molecule has 0 heterocycles. The Balaban J connectivity index is 1.75. The molecule has 1 aliphatic carbocycles. The number of benzene rings is 1. The Labute approximate surface area is 135 Å². The predicted molar refractivity (Wildman–Crippen MR) is 88.8 cm³/mol. The maximum Gasteiger partial charge on any atom is 0.244 e. The predicted octanol–water partition coefficient (Wildman–Crippen LogP) is 3.61. The topological polar surface area (TPSA) is 32.3 Å². The smallest absolute Gasteiger partial charge is 0.244 e. The Kier molecular flexibility index (Phi) is 6.09. The molecule has 1 fully saturated rings. The van der Waals surface area contributed by atoms with E-state index in [4.69, 9.17) is 23.2 Å². The molecular weight excluding hydrogens is 307 g/mol. The molecule has 0 aliphatic heterocycles. The van der Waals surface area contributed by atoms with E-state index >= 15 is 0 Å². The summed E-state index contributed by atoms with van der Waals surface area (Å²) in [6.07, 6.45) is 5.83. The molecule has 0 unspecified atom stereocenters. The lowest BCUT2D eigenvalue weighted by Crippen LogP contribution is -2.35. The van der Waals surface area contributed by atoms with Crippen molar-refractivity contribution >= 4 is 35.2 Å². The molecule has 3 nitrogen and oxygen atoms in total. The first-order chi connectivity index (χ1) is 10.1. The van der Waals surface area contributed by atoms with Crippen LogP contribution in [-0.2, 0) is 4.79 Å². The first-order valence-electron chi connectivity index (χ1n) is 7.25. The summed E-state index contributed by atoms with van der Waals surface area (Å²) in [5.41, 5.74) is 0.854. The molecule has 0 bridgehead atoms. The van der Waals surface area contributed by atoms with Crippen LogP contribution in [0.5, 0.6) is 0 Å². The molecule has 1 saturated carbocycles. The molecule has 0 atom stereocenters. The number of nitrogens with one attached hydrogen (secondary N) is 1. The number of carbonyl (C=O) groups excluding carboxylic acids is 1. The molecule has 1 aliphatic rings. The molecule has 5 heteroatoms. The van der Waals surface area contributed by atoms with Gasteiger partial charge in [-0.1, -0.05) is 36.2 Å². The minimum Gasteiger partial charge on any atom is -0.351 e. The molecule has 114 valence electrons. The second kappa shape index (κ2) is 7.83. The fourth-order valence-corrected chi connectivity index (χ4v) is 2.51. The van der Waals surface area contributed by atoms with E-state index in [1.807, 2.05) is 6.07 Å². The maximum absolute atomic E-state index is 11.7. The van der Waals surface area contributed by atoms with Crippen LogP contribution in [0.3, 0.4) is 0 Å². The average molecular weight is 327 g/mol. The van der Waals surface area contributed by atoms with Crippen LogP contribution in [0.15, 0.2) is 24.3 Å². The van der Waals surface area contributed by atoms with Gasteiger partial charge in [-0.05, 0) is 43.2 Å². The highest BCUT2D eigenvalue weighted by Gasteiger charge is 2.27. The quantitative estimate of drug-likeness (QED) is 0.776. The summed E-state index contributed by atoms with van der Waals surface area (Å²) < 4.78 is 0. The zero-order chi connectivity index (χ0) is 15.2. The van der Waals surface area contributed by atoms with Crippen LogP contribution in [-0.4, -0.2) is 36.5 Å². The van der Waals surface area contributed by atoms with Crippen LogP contribution in [0.25, 0.3) is 6.08 Å². The minimum atomic E-state index is -0.0899. The maximum atomic E-state index is 11.7. The van der Waals surface area contributed by atoms with Crippen molar-refractivity contribution in [1.82, 2.24) is 10.2 Å². The number of hydrogen-bond donors (Lipinski definition) is 1. The van der Waals surface area contributed by atoms with E-state index in [1.165, 1.54) is 18.9 Å². The minimum absolute atomic E-state index is 0.0899. The molecular formula is C16H20Cl2N2O. The van der Waals surface area contributed by atoms with E-state index in [9.17, 15) is 4.79 Å². The number of hydrogen-bond acceptors (Lipinski definition) is 2. The second-order valence-corrected chi connectivity index (χ2v) is 5.97. The Morgan fingerprint density at radius 3 is 2.76 bits per heavy atom. The number of rotatable bonds is 7. The Morgan fingerprint density at radius 1 is 1.38 bits per heavy atom. The van der Waals surface area contributed by atoms with Gasteiger partial charge in [0.05, 0.1) is 10.0 Å². The van der Waals surface area contributed by atoms with Gasteiger partial charge in [0.25, 0.3) is 0 Å². The Hall–Kier alpha value is -1.03. The van der Waals surface area contributed by atoms with Gasteiger partial charge >= 0.3 is 0 Å². The molecule has 0 saturated heterocycles. The van der Waals surface area contributed by atoms with Gasteiger partial charge < -0.3 is 5.32 Å². The van der Waals surface area contributed by atoms with Crippen molar-refractivity contribution in [2.45, 2.75) is 25.8 Å². The van der Waals surface area contributed by atoms with Crippen LogP contribution in [0.1, 0.15) is 25.3 Å². The van der Waals surface area contributed by atoms with Crippen LogP contribution in [0, 0.1) is 0 Å². The van der Waals surface area contributed by atoms with Gasteiger partial charge in [-0.15, -0.1) is 0 Å². The summed E-state index contributed by atoms with van der Waals surface area (Å²) in [6.45, 7) is 4.78. The van der Waals surface area contributed by atoms with E-state index in [2.05, 4.69) is 17.1 Å². The van der Waals surface area contributed by atoms with Crippen molar-refractivity contribution < 1.29 is 4.79 Å². The highest BCUT2D eigenvalue weighted by atomic mass is 35.5. The molecule has 1 aromatic rings. The average Bonchev–Trinajstić information content (AvgIpc) is 3.29. The highest BCUT2D eigenvalue weighted by molar-refractivity contribution is 6.42. The summed E-state index contributed by atoms with van der Waals surface area (Å²) in [7, 11) is 0. The zero-order valence-electron chi connectivity index (χ0n) is 12.1. The molecule has 1 amide bonds. The van der Waals surface area contributed by atoms with Crippen molar-refractivity contribution in [1.29, 1.82) is 0 Å². The monoisotopic (exact) mass is 326 g/mol. The third-order valence-corrected chi connectivity index (χ3v) is 4.28. The van der Waals surface area contributed by atoms with Crippen molar-refractivity contribution in [3.63, 3.8) is 0 Å². The summed E-state index contributed by atoms with van der Waals surface area (Å²) in [5.74, 6) is -0.0899.